The molecule has 0 radical (unpaired) electrons. The fraction of sp³-hybridized carbons (Fsp3) is 0.308. The van der Waals surface area contributed by atoms with Crippen LogP contribution in [0.4, 0.5) is 11.4 Å². The van der Waals surface area contributed by atoms with E-state index in [2.05, 4.69) is 21.3 Å². The third-order valence-electron chi connectivity index (χ3n) is 3.22. The number of fused-ring (bicyclic) bond motifs is 1. The van der Waals surface area contributed by atoms with Crippen molar-refractivity contribution < 1.29 is 0 Å². The second kappa shape index (κ2) is 4.37. The molecule has 0 atom stereocenters. The molecule has 2 aromatic rings. The summed E-state index contributed by atoms with van der Waals surface area (Å²) in [5.74, 6) is 0. The van der Waals surface area contributed by atoms with E-state index in [1.807, 2.05) is 17.6 Å². The molecular weight excluding hydrogens is 230 g/mol. The smallest absolute Gasteiger partial charge is 0.0795 e. The van der Waals surface area contributed by atoms with Gasteiger partial charge in [0.2, 0.25) is 0 Å². The van der Waals surface area contributed by atoms with Gasteiger partial charge >= 0.3 is 0 Å². The minimum atomic E-state index is 0.889. The second-order valence-electron chi connectivity index (χ2n) is 4.35. The standard InChI is InChI=1S/C13H15N3S/c14-12-4-1-5-13-11(12)3-2-6-16(13)7-10-8-17-9-15-10/h1,4-5,8-9H,2-3,6-7,14H2. The van der Waals surface area contributed by atoms with Crippen molar-refractivity contribution in [1.82, 2.24) is 4.98 Å². The van der Waals surface area contributed by atoms with E-state index in [1.54, 1.807) is 11.3 Å². The van der Waals surface area contributed by atoms with Gasteiger partial charge in [-0.3, -0.25) is 0 Å². The molecule has 0 bridgehead atoms. The normalized spacial score (nSPS) is 14.7. The highest BCUT2D eigenvalue weighted by atomic mass is 32.1. The lowest BCUT2D eigenvalue weighted by Crippen LogP contribution is -2.29. The molecule has 1 aliphatic heterocycles. The zero-order valence-electron chi connectivity index (χ0n) is 9.60. The molecule has 0 amide bonds. The van der Waals surface area contributed by atoms with Gasteiger partial charge in [-0.05, 0) is 30.5 Å². The van der Waals surface area contributed by atoms with Crippen LogP contribution in [0.15, 0.2) is 29.1 Å². The Labute approximate surface area is 105 Å². The number of anilines is 2. The number of hydrogen-bond donors (Lipinski definition) is 1. The Hall–Kier alpha value is -1.55. The highest BCUT2D eigenvalue weighted by molar-refractivity contribution is 7.07. The highest BCUT2D eigenvalue weighted by Gasteiger charge is 2.18. The Balaban J connectivity index is 1.92. The number of aromatic nitrogens is 1. The van der Waals surface area contributed by atoms with Crippen molar-refractivity contribution in [3.05, 3.63) is 40.3 Å². The third-order valence-corrected chi connectivity index (χ3v) is 3.85. The Kier molecular flexibility index (Phi) is 2.73. The van der Waals surface area contributed by atoms with Gasteiger partial charge in [0.15, 0.2) is 0 Å². The molecule has 0 unspecified atom stereocenters. The first-order chi connectivity index (χ1) is 8.34. The molecule has 0 saturated carbocycles. The van der Waals surface area contributed by atoms with E-state index < -0.39 is 0 Å². The van der Waals surface area contributed by atoms with Crippen molar-refractivity contribution in [2.75, 3.05) is 17.2 Å². The monoisotopic (exact) mass is 245 g/mol. The van der Waals surface area contributed by atoms with Crippen LogP contribution in [0.5, 0.6) is 0 Å². The maximum absolute atomic E-state index is 6.04. The summed E-state index contributed by atoms with van der Waals surface area (Å²) in [5, 5.41) is 2.11. The van der Waals surface area contributed by atoms with E-state index in [9.17, 15) is 0 Å². The van der Waals surface area contributed by atoms with Crippen LogP contribution in [-0.4, -0.2) is 11.5 Å². The van der Waals surface area contributed by atoms with Crippen LogP contribution in [0, 0.1) is 0 Å². The van der Waals surface area contributed by atoms with Crippen molar-refractivity contribution in [2.24, 2.45) is 0 Å². The van der Waals surface area contributed by atoms with Crippen LogP contribution < -0.4 is 10.6 Å². The summed E-state index contributed by atoms with van der Waals surface area (Å²) in [6.07, 6.45) is 2.26. The fourth-order valence-electron chi connectivity index (χ4n) is 2.40. The molecule has 1 aliphatic rings. The van der Waals surface area contributed by atoms with Crippen LogP contribution >= 0.6 is 11.3 Å². The van der Waals surface area contributed by atoms with E-state index in [0.717, 1.165) is 30.9 Å². The second-order valence-corrected chi connectivity index (χ2v) is 5.07. The number of benzene rings is 1. The molecule has 2 heterocycles. The van der Waals surface area contributed by atoms with Crippen molar-refractivity contribution in [3.8, 4) is 0 Å². The topological polar surface area (TPSA) is 42.1 Å². The van der Waals surface area contributed by atoms with E-state index in [0.29, 0.717) is 0 Å². The van der Waals surface area contributed by atoms with Crippen LogP contribution in [0.1, 0.15) is 17.7 Å². The first kappa shape index (κ1) is 10.6. The average molecular weight is 245 g/mol. The molecule has 3 nitrogen and oxygen atoms in total. The average Bonchev–Trinajstić information content (AvgIpc) is 2.83. The maximum atomic E-state index is 6.04. The molecular formula is C13H15N3S. The SMILES string of the molecule is Nc1cccc2c1CCCN2Cc1cscn1. The van der Waals surface area contributed by atoms with Gasteiger partial charge in [-0.2, -0.15) is 0 Å². The van der Waals surface area contributed by atoms with Crippen molar-refractivity contribution in [2.45, 2.75) is 19.4 Å². The first-order valence-electron chi connectivity index (χ1n) is 5.84. The van der Waals surface area contributed by atoms with Crippen molar-refractivity contribution in [3.63, 3.8) is 0 Å². The Morgan fingerprint density at radius 3 is 3.18 bits per heavy atom. The minimum Gasteiger partial charge on any atom is -0.398 e. The third kappa shape index (κ3) is 2.00. The van der Waals surface area contributed by atoms with Gasteiger partial charge in [0.05, 0.1) is 17.7 Å². The van der Waals surface area contributed by atoms with Crippen LogP contribution in [0.3, 0.4) is 0 Å². The molecule has 88 valence electrons. The van der Waals surface area contributed by atoms with Crippen molar-refractivity contribution in [1.29, 1.82) is 0 Å². The molecule has 0 spiro atoms. The van der Waals surface area contributed by atoms with Gasteiger partial charge in [-0.1, -0.05) is 6.07 Å². The largest absolute Gasteiger partial charge is 0.398 e. The molecule has 1 aromatic heterocycles. The number of nitrogens with two attached hydrogens (primary N) is 1. The zero-order chi connectivity index (χ0) is 11.7. The predicted molar refractivity (Wildman–Crippen MR) is 72.3 cm³/mol. The highest BCUT2D eigenvalue weighted by Crippen LogP contribution is 2.32. The number of nitrogens with zero attached hydrogens (tertiary/aromatic N) is 2. The quantitative estimate of drug-likeness (QED) is 0.827. The fourth-order valence-corrected chi connectivity index (χ4v) is 2.95. The summed E-state index contributed by atoms with van der Waals surface area (Å²) in [4.78, 5) is 6.73. The van der Waals surface area contributed by atoms with Gasteiger partial charge in [-0.15, -0.1) is 11.3 Å². The molecule has 0 saturated heterocycles. The van der Waals surface area contributed by atoms with E-state index in [-0.39, 0.29) is 0 Å². The van der Waals surface area contributed by atoms with Gasteiger partial charge in [0.1, 0.15) is 0 Å². The Bertz CT molecular complexity index is 507. The Morgan fingerprint density at radius 2 is 2.35 bits per heavy atom. The van der Waals surface area contributed by atoms with Crippen LogP contribution in [-0.2, 0) is 13.0 Å². The van der Waals surface area contributed by atoms with Crippen molar-refractivity contribution >= 4 is 22.7 Å². The number of thiazole rings is 1. The van der Waals surface area contributed by atoms with Crippen LogP contribution in [0.2, 0.25) is 0 Å². The van der Waals surface area contributed by atoms with Gasteiger partial charge < -0.3 is 10.6 Å². The lowest BCUT2D eigenvalue weighted by Gasteiger charge is -2.31. The summed E-state index contributed by atoms with van der Waals surface area (Å²) in [6.45, 7) is 1.98. The lowest BCUT2D eigenvalue weighted by atomic mass is 10.00. The van der Waals surface area contributed by atoms with E-state index >= 15 is 0 Å². The first-order valence-corrected chi connectivity index (χ1v) is 6.78. The predicted octanol–water partition coefficient (Wildman–Crippen LogP) is 2.68. The number of nitrogen functional groups attached to an aromatic ring is 1. The van der Waals surface area contributed by atoms with E-state index in [1.165, 1.54) is 17.7 Å². The Morgan fingerprint density at radius 1 is 1.41 bits per heavy atom. The molecule has 0 fully saturated rings. The summed E-state index contributed by atoms with van der Waals surface area (Å²) in [5.41, 5.74) is 12.6. The van der Waals surface area contributed by atoms with E-state index in [4.69, 9.17) is 5.73 Å². The molecule has 0 aliphatic carbocycles. The zero-order valence-corrected chi connectivity index (χ0v) is 10.4. The summed E-state index contributed by atoms with van der Waals surface area (Å²) >= 11 is 1.65. The van der Waals surface area contributed by atoms with Crippen LogP contribution in [0.25, 0.3) is 0 Å². The molecule has 1 aromatic carbocycles. The summed E-state index contributed by atoms with van der Waals surface area (Å²) in [7, 11) is 0. The summed E-state index contributed by atoms with van der Waals surface area (Å²) < 4.78 is 0. The number of rotatable bonds is 2. The number of hydrogen-bond acceptors (Lipinski definition) is 4. The molecule has 17 heavy (non-hydrogen) atoms. The maximum Gasteiger partial charge on any atom is 0.0795 e. The lowest BCUT2D eigenvalue weighted by molar-refractivity contribution is 0.687. The van der Waals surface area contributed by atoms with Gasteiger partial charge in [-0.25, -0.2) is 4.98 Å². The van der Waals surface area contributed by atoms with Gasteiger partial charge in [0.25, 0.3) is 0 Å². The minimum absolute atomic E-state index is 0.889. The molecule has 4 heteroatoms. The molecule has 2 N–H and O–H groups in total. The van der Waals surface area contributed by atoms with Gasteiger partial charge in [0, 0.05) is 23.3 Å². The summed E-state index contributed by atoms with van der Waals surface area (Å²) in [6, 6.07) is 6.19. The molecule has 3 rings (SSSR count).